The van der Waals surface area contributed by atoms with Gasteiger partial charge < -0.3 is 15.3 Å². The first-order valence-corrected chi connectivity index (χ1v) is 11.3. The number of nitrogens with zero attached hydrogens (tertiary/aromatic N) is 2. The first-order valence-electron chi connectivity index (χ1n) is 11.3. The summed E-state index contributed by atoms with van der Waals surface area (Å²) in [5.41, 5.74) is 1.61. The lowest BCUT2D eigenvalue weighted by Gasteiger charge is -2.27. The Hall–Kier alpha value is -3.90. The summed E-state index contributed by atoms with van der Waals surface area (Å²) in [7, 11) is 1.36. The smallest absolute Gasteiger partial charge is 0.389 e. The van der Waals surface area contributed by atoms with Gasteiger partial charge in [-0.3, -0.25) is 14.4 Å². The van der Waals surface area contributed by atoms with Gasteiger partial charge in [0.05, 0.1) is 29.7 Å². The Morgan fingerprint density at radius 2 is 1.58 bits per heavy atom. The Kier molecular flexibility index (Phi) is 8.48. The number of halogens is 6. The van der Waals surface area contributed by atoms with Crippen LogP contribution in [0.2, 0.25) is 0 Å². The molecule has 1 heterocycles. The number of likely N-dealkylation sites (N-methyl/N-ethyl adjacent to an activating group) is 1. The maximum absolute atomic E-state index is 13.3. The lowest BCUT2D eigenvalue weighted by atomic mass is 9.84. The first kappa shape index (κ1) is 28.7. The highest BCUT2D eigenvalue weighted by atomic mass is 19.4. The summed E-state index contributed by atoms with van der Waals surface area (Å²) in [6.07, 6.45) is -16.7. The third-order valence-electron chi connectivity index (χ3n) is 6.00. The monoisotopic (exact) mass is 543 g/mol. The number of benzene rings is 2. The number of aliphatic imine (C=N–C) groups is 1. The minimum atomic E-state index is -5.08. The quantitative estimate of drug-likeness (QED) is 0.477. The fraction of sp³-hybridized carbons (Fsp3) is 0.360. The average Bonchev–Trinajstić information content (AvgIpc) is 2.93. The number of hydrogen-bond donors (Lipinski definition) is 2. The molecule has 0 spiro atoms. The largest absolute Gasteiger partial charge is 0.481 e. The van der Waals surface area contributed by atoms with Crippen molar-refractivity contribution in [1.29, 1.82) is 0 Å². The Morgan fingerprint density at radius 3 is 2.16 bits per heavy atom. The average molecular weight is 543 g/mol. The van der Waals surface area contributed by atoms with E-state index in [1.807, 2.05) is 0 Å². The minimum absolute atomic E-state index is 0.225. The van der Waals surface area contributed by atoms with Crippen LogP contribution in [0.5, 0.6) is 0 Å². The van der Waals surface area contributed by atoms with E-state index in [2.05, 4.69) is 10.3 Å². The molecule has 204 valence electrons. The molecule has 0 bridgehead atoms. The normalized spacial score (nSPS) is 17.7. The maximum Gasteiger partial charge on any atom is 0.389 e. The number of para-hydroxylation sites is 1. The second kappa shape index (κ2) is 11.2. The number of rotatable bonds is 8. The van der Waals surface area contributed by atoms with Crippen molar-refractivity contribution in [2.24, 2.45) is 16.8 Å². The predicted molar refractivity (Wildman–Crippen MR) is 124 cm³/mol. The van der Waals surface area contributed by atoms with Gasteiger partial charge in [0.25, 0.3) is 5.91 Å². The molecule has 0 saturated heterocycles. The van der Waals surface area contributed by atoms with E-state index in [1.165, 1.54) is 7.05 Å². The molecule has 1 aliphatic heterocycles. The molecule has 0 aromatic heterocycles. The summed E-state index contributed by atoms with van der Waals surface area (Å²) in [4.78, 5) is 43.4. The van der Waals surface area contributed by atoms with Crippen molar-refractivity contribution >= 4 is 29.2 Å². The zero-order valence-electron chi connectivity index (χ0n) is 19.9. The lowest BCUT2D eigenvalue weighted by molar-refractivity contribution is -0.169. The number of hydrogen-bond acceptors (Lipinski definition) is 4. The molecule has 2 aromatic rings. The van der Waals surface area contributed by atoms with Crippen molar-refractivity contribution in [2.75, 3.05) is 11.9 Å². The molecule has 0 saturated carbocycles. The van der Waals surface area contributed by atoms with Crippen LogP contribution in [0.3, 0.4) is 0 Å². The van der Waals surface area contributed by atoms with Crippen LogP contribution in [0.15, 0.2) is 59.6 Å². The Balaban J connectivity index is 2.02. The van der Waals surface area contributed by atoms with E-state index in [-0.39, 0.29) is 5.71 Å². The number of carbonyl (C=O) groups excluding carboxylic acids is 2. The van der Waals surface area contributed by atoms with E-state index in [1.54, 1.807) is 54.6 Å². The summed E-state index contributed by atoms with van der Waals surface area (Å²) in [5, 5.41) is 11.5. The fourth-order valence-electron chi connectivity index (χ4n) is 4.17. The van der Waals surface area contributed by atoms with Crippen LogP contribution >= 0.6 is 0 Å². The molecule has 2 N–H and O–H groups in total. The molecule has 0 fully saturated rings. The molecule has 13 heteroatoms. The lowest BCUT2D eigenvalue weighted by Crippen LogP contribution is -2.50. The number of anilines is 1. The van der Waals surface area contributed by atoms with E-state index in [0.717, 1.165) is 4.90 Å². The molecule has 3 atom stereocenters. The topological polar surface area (TPSA) is 99.1 Å². The second-order valence-corrected chi connectivity index (χ2v) is 8.69. The zero-order valence-corrected chi connectivity index (χ0v) is 19.9. The zero-order chi connectivity index (χ0) is 28.3. The molecule has 0 aliphatic carbocycles. The van der Waals surface area contributed by atoms with Gasteiger partial charge >= 0.3 is 18.3 Å². The van der Waals surface area contributed by atoms with Crippen LogP contribution in [-0.4, -0.2) is 54.2 Å². The van der Waals surface area contributed by atoms with E-state index >= 15 is 0 Å². The highest BCUT2D eigenvalue weighted by Gasteiger charge is 2.45. The van der Waals surface area contributed by atoms with Crippen molar-refractivity contribution in [3.63, 3.8) is 0 Å². The number of fused-ring (bicyclic) bond motifs is 1. The number of carboxylic acid groups (broad SMARTS) is 1. The van der Waals surface area contributed by atoms with Gasteiger partial charge in [0.2, 0.25) is 12.1 Å². The molecule has 1 aliphatic rings. The van der Waals surface area contributed by atoms with Gasteiger partial charge in [-0.2, -0.15) is 26.3 Å². The van der Waals surface area contributed by atoms with Gasteiger partial charge in [-0.15, -0.1) is 0 Å². The van der Waals surface area contributed by atoms with E-state index in [9.17, 15) is 45.8 Å². The predicted octanol–water partition coefficient (Wildman–Crippen LogP) is 4.55. The third kappa shape index (κ3) is 7.11. The molecule has 38 heavy (non-hydrogen) atoms. The summed E-state index contributed by atoms with van der Waals surface area (Å²) < 4.78 is 78.2. The highest BCUT2D eigenvalue weighted by Crippen LogP contribution is 2.35. The van der Waals surface area contributed by atoms with Crippen molar-refractivity contribution in [1.82, 2.24) is 5.32 Å². The van der Waals surface area contributed by atoms with Gasteiger partial charge in [-0.1, -0.05) is 48.5 Å². The van der Waals surface area contributed by atoms with Gasteiger partial charge in [-0.25, -0.2) is 4.99 Å². The van der Waals surface area contributed by atoms with Crippen LogP contribution in [0.4, 0.5) is 32.0 Å². The SMILES string of the molecule is CN1C(=O)C(NC(=O)C(CC(F)(F)F)C(CCC(F)(F)F)C(=O)O)N=C(c2ccccc2)c2ccccc21. The van der Waals surface area contributed by atoms with Crippen molar-refractivity contribution in [3.8, 4) is 0 Å². The van der Waals surface area contributed by atoms with Gasteiger partial charge in [0, 0.05) is 24.6 Å². The van der Waals surface area contributed by atoms with Crippen LogP contribution in [0.25, 0.3) is 0 Å². The van der Waals surface area contributed by atoms with E-state index in [4.69, 9.17) is 0 Å². The standard InChI is InChI=1S/C25H23F6N3O4/c1-34-18-10-6-5-9-16(18)19(14-7-3-2-4-8-14)32-20(22(34)36)33-21(35)17(13-25(29,30)31)15(23(37)38)11-12-24(26,27)28/h2-10,15,17,20H,11-13H2,1H3,(H,33,35)(H,37,38). The highest BCUT2D eigenvalue weighted by molar-refractivity contribution is 6.20. The van der Waals surface area contributed by atoms with Gasteiger partial charge in [-0.05, 0) is 12.5 Å². The number of carbonyl (C=O) groups is 3. The molecule has 3 unspecified atom stereocenters. The Labute approximate surface area is 213 Å². The molecular weight excluding hydrogens is 520 g/mol. The third-order valence-corrected chi connectivity index (χ3v) is 6.00. The second-order valence-electron chi connectivity index (χ2n) is 8.69. The van der Waals surface area contributed by atoms with Crippen molar-refractivity contribution in [2.45, 2.75) is 37.8 Å². The first-order chi connectivity index (χ1) is 17.7. The number of alkyl halides is 6. The van der Waals surface area contributed by atoms with Crippen LogP contribution < -0.4 is 10.2 Å². The number of aliphatic carboxylic acids is 1. The van der Waals surface area contributed by atoms with Crippen molar-refractivity contribution < 1.29 is 45.8 Å². The maximum atomic E-state index is 13.3. The number of benzodiazepines with no additional fused rings is 1. The van der Waals surface area contributed by atoms with E-state index in [0.29, 0.717) is 16.8 Å². The minimum Gasteiger partial charge on any atom is -0.481 e. The fourth-order valence-corrected chi connectivity index (χ4v) is 4.17. The van der Waals surface area contributed by atoms with Crippen LogP contribution in [-0.2, 0) is 14.4 Å². The summed E-state index contributed by atoms with van der Waals surface area (Å²) in [6.45, 7) is 0. The van der Waals surface area contributed by atoms with Gasteiger partial charge in [0.1, 0.15) is 0 Å². The van der Waals surface area contributed by atoms with Crippen LogP contribution in [0, 0.1) is 11.8 Å². The van der Waals surface area contributed by atoms with Crippen LogP contribution in [0.1, 0.15) is 30.4 Å². The summed E-state index contributed by atoms with van der Waals surface area (Å²) in [6, 6.07) is 15.0. The Morgan fingerprint density at radius 1 is 0.974 bits per heavy atom. The molecule has 2 aromatic carbocycles. The Bertz CT molecular complexity index is 1210. The molecule has 2 amide bonds. The molecule has 3 rings (SSSR count). The summed E-state index contributed by atoms with van der Waals surface area (Å²) in [5.74, 6) is -9.14. The number of amides is 2. The molecular formula is C25H23F6N3O4. The molecule has 7 nitrogen and oxygen atoms in total. The van der Waals surface area contributed by atoms with Crippen molar-refractivity contribution in [3.05, 3.63) is 65.7 Å². The molecule has 0 radical (unpaired) electrons. The van der Waals surface area contributed by atoms with E-state index < -0.39 is 67.4 Å². The number of nitrogens with one attached hydrogen (secondary N) is 1. The summed E-state index contributed by atoms with van der Waals surface area (Å²) >= 11 is 0. The van der Waals surface area contributed by atoms with Gasteiger partial charge in [0.15, 0.2) is 0 Å². The number of carboxylic acids is 1.